The van der Waals surface area contributed by atoms with Crippen molar-refractivity contribution in [2.75, 3.05) is 22.6 Å². The molecule has 1 unspecified atom stereocenters. The molecule has 3 aliphatic heterocycles. The van der Waals surface area contributed by atoms with Crippen LogP contribution in [0, 0.1) is 0 Å². The monoisotopic (exact) mass is 638 g/mol. The second-order valence-electron chi connectivity index (χ2n) is 12.7. The van der Waals surface area contributed by atoms with Gasteiger partial charge in [0.2, 0.25) is 0 Å². The first kappa shape index (κ1) is 32.0. The third-order valence-electron chi connectivity index (χ3n) is 9.65. The summed E-state index contributed by atoms with van der Waals surface area (Å²) >= 11 is 0. The summed E-state index contributed by atoms with van der Waals surface area (Å²) in [4.78, 5) is 4.63. The Bertz CT molecular complexity index is 1850. The van der Waals surface area contributed by atoms with Crippen molar-refractivity contribution in [2.24, 2.45) is 0 Å². The number of sulfone groups is 1. The number of nitrogens with zero attached hydrogens (tertiary/aromatic N) is 2. The molecule has 242 valence electrons. The maximum Gasteiger partial charge on any atom is 0.175 e. The largest absolute Gasteiger partial charge is 0.506 e. The number of phenols is 1. The van der Waals surface area contributed by atoms with E-state index in [1.165, 1.54) is 87.4 Å². The summed E-state index contributed by atoms with van der Waals surface area (Å²) in [5.41, 5.74) is 7.99. The highest BCUT2D eigenvalue weighted by Gasteiger charge is 2.45. The Kier molecular flexibility index (Phi) is 9.06. The van der Waals surface area contributed by atoms with Gasteiger partial charge in [0, 0.05) is 46.8 Å². The normalized spacial score (nSPS) is 15.2. The van der Waals surface area contributed by atoms with E-state index in [9.17, 15) is 13.5 Å². The van der Waals surface area contributed by atoms with Crippen molar-refractivity contribution >= 4 is 38.3 Å². The minimum atomic E-state index is -3.49. The van der Waals surface area contributed by atoms with Crippen molar-refractivity contribution in [3.63, 3.8) is 0 Å². The molecule has 0 radical (unpaired) electrons. The van der Waals surface area contributed by atoms with Gasteiger partial charge in [0.25, 0.3) is 0 Å². The molecule has 0 bridgehead atoms. The van der Waals surface area contributed by atoms with E-state index in [0.29, 0.717) is 5.69 Å². The van der Waals surface area contributed by atoms with E-state index >= 15 is 0 Å². The molecule has 6 nitrogen and oxygen atoms in total. The fourth-order valence-electron chi connectivity index (χ4n) is 7.50. The van der Waals surface area contributed by atoms with Crippen LogP contribution in [-0.4, -0.2) is 26.3 Å². The van der Waals surface area contributed by atoms with Crippen LogP contribution in [0.15, 0.2) is 77.7 Å². The van der Waals surface area contributed by atoms with E-state index < -0.39 is 9.84 Å². The Balaban J connectivity index is 0.00000372. The zero-order valence-electron chi connectivity index (χ0n) is 26.3. The lowest BCUT2D eigenvalue weighted by Crippen LogP contribution is -2.33. The summed E-state index contributed by atoms with van der Waals surface area (Å²) in [6, 6.07) is 23.3. The van der Waals surface area contributed by atoms with E-state index in [-0.39, 0.29) is 24.0 Å². The summed E-state index contributed by atoms with van der Waals surface area (Å²) in [6.45, 7) is 3.17. The summed E-state index contributed by atoms with van der Waals surface area (Å²) in [5, 5.41) is 11.2. The molecule has 0 aliphatic carbocycles. The van der Waals surface area contributed by atoms with Crippen molar-refractivity contribution in [1.29, 1.82) is 0 Å². The fraction of sp³-hybridized carbons (Fsp3) is 0.385. The minimum Gasteiger partial charge on any atom is -0.506 e. The van der Waals surface area contributed by atoms with E-state index in [2.05, 4.69) is 48.2 Å². The van der Waals surface area contributed by atoms with Gasteiger partial charge in [-0.05, 0) is 61.0 Å². The average Bonchev–Trinajstić information content (AvgIpc) is 3.03. The van der Waals surface area contributed by atoms with Gasteiger partial charge in [0.05, 0.1) is 22.0 Å². The van der Waals surface area contributed by atoms with Crippen LogP contribution in [-0.2, 0) is 9.84 Å². The maximum absolute atomic E-state index is 12.6. The standard InChI is InChI=1S/C38H42N2O4S.CH4/c1-3-4-5-6-7-8-9-10-11-12-24-39-27-16-13-18-29-35(27)38-36-28(39)17-14-20-33(36)44-34-21-15-19-30(37(34)38)40(29)31-25-26(45(2,42)43)22-23-32(31)41;/h13-23,25,38,41H,3-12,24H2,1-2H3;1H4. The number of phenolic OH excluding ortho intramolecular Hbond substituents is 1. The predicted molar refractivity (Wildman–Crippen MR) is 189 cm³/mol. The molecule has 46 heavy (non-hydrogen) atoms. The number of unbranched alkanes of at least 4 members (excludes halogenated alkanes) is 9. The van der Waals surface area contributed by atoms with Gasteiger partial charge in [-0.15, -0.1) is 0 Å². The molecule has 7 heteroatoms. The van der Waals surface area contributed by atoms with Crippen LogP contribution in [0.4, 0.5) is 28.4 Å². The first-order valence-corrected chi connectivity index (χ1v) is 18.4. The molecule has 0 fully saturated rings. The third-order valence-corrected chi connectivity index (χ3v) is 10.8. The van der Waals surface area contributed by atoms with Crippen molar-refractivity contribution in [3.8, 4) is 17.2 Å². The van der Waals surface area contributed by atoms with Gasteiger partial charge in [0.1, 0.15) is 17.2 Å². The number of benzene rings is 4. The molecule has 3 aliphatic rings. The second-order valence-corrected chi connectivity index (χ2v) is 14.7. The van der Waals surface area contributed by atoms with Crippen LogP contribution in [0.3, 0.4) is 0 Å². The molecule has 0 saturated carbocycles. The van der Waals surface area contributed by atoms with E-state index in [1.54, 1.807) is 6.07 Å². The van der Waals surface area contributed by atoms with Crippen LogP contribution in [0.2, 0.25) is 0 Å². The SMILES string of the molecule is C.CCCCCCCCCCCCN1c2cccc3c2C2c4c(cccc4N(c4cc(S(C)(=O)=O)ccc4O)c4cccc1c42)O3. The molecule has 7 rings (SSSR count). The highest BCUT2D eigenvalue weighted by atomic mass is 32.2. The Morgan fingerprint density at radius 3 is 1.83 bits per heavy atom. The Labute approximate surface area is 274 Å². The van der Waals surface area contributed by atoms with Crippen molar-refractivity contribution in [3.05, 3.63) is 89.5 Å². The molecule has 4 aromatic carbocycles. The van der Waals surface area contributed by atoms with Gasteiger partial charge in [-0.2, -0.15) is 0 Å². The molecule has 1 atom stereocenters. The van der Waals surface area contributed by atoms with Gasteiger partial charge < -0.3 is 19.6 Å². The van der Waals surface area contributed by atoms with Crippen LogP contribution in [0.5, 0.6) is 17.2 Å². The quantitative estimate of drug-likeness (QED) is 0.127. The number of ether oxygens (including phenoxy) is 1. The first-order valence-electron chi connectivity index (χ1n) is 16.6. The second kappa shape index (κ2) is 13.0. The number of hydrogen-bond donors (Lipinski definition) is 1. The first-order chi connectivity index (χ1) is 21.9. The Morgan fingerprint density at radius 2 is 1.20 bits per heavy atom. The lowest BCUT2D eigenvalue weighted by molar-refractivity contribution is 0.450. The number of aromatic hydroxyl groups is 1. The van der Waals surface area contributed by atoms with E-state index in [4.69, 9.17) is 4.74 Å². The van der Waals surface area contributed by atoms with Crippen LogP contribution in [0.1, 0.15) is 101 Å². The lowest BCUT2D eigenvalue weighted by Gasteiger charge is -2.47. The molecule has 0 spiro atoms. The Hall–Kier alpha value is -3.97. The topological polar surface area (TPSA) is 70.1 Å². The third kappa shape index (κ3) is 5.53. The highest BCUT2D eigenvalue weighted by Crippen LogP contribution is 2.65. The highest BCUT2D eigenvalue weighted by molar-refractivity contribution is 7.90. The summed E-state index contributed by atoms with van der Waals surface area (Å²) in [5.74, 6) is 1.66. The van der Waals surface area contributed by atoms with Crippen molar-refractivity contribution < 1.29 is 18.3 Å². The molecule has 0 saturated heterocycles. The zero-order chi connectivity index (χ0) is 31.1. The molecule has 1 N–H and O–H groups in total. The summed E-state index contributed by atoms with van der Waals surface area (Å²) in [6.07, 6.45) is 14.1. The van der Waals surface area contributed by atoms with Crippen LogP contribution < -0.4 is 14.5 Å². The maximum atomic E-state index is 12.6. The fourth-order valence-corrected chi connectivity index (χ4v) is 8.14. The van der Waals surface area contributed by atoms with Gasteiger partial charge >= 0.3 is 0 Å². The minimum absolute atomic E-state index is 0. The number of hydrogen-bond acceptors (Lipinski definition) is 6. The average molecular weight is 639 g/mol. The molecule has 0 amide bonds. The summed E-state index contributed by atoms with van der Waals surface area (Å²) in [7, 11) is -3.49. The Morgan fingerprint density at radius 1 is 0.674 bits per heavy atom. The van der Waals surface area contributed by atoms with Gasteiger partial charge in [-0.1, -0.05) is 90.3 Å². The number of rotatable bonds is 13. The lowest BCUT2D eigenvalue weighted by atomic mass is 9.74. The predicted octanol–water partition coefficient (Wildman–Crippen LogP) is 10.9. The van der Waals surface area contributed by atoms with Crippen LogP contribution >= 0.6 is 0 Å². The van der Waals surface area contributed by atoms with Crippen molar-refractivity contribution in [1.82, 2.24) is 0 Å². The van der Waals surface area contributed by atoms with Gasteiger partial charge in [0.15, 0.2) is 9.84 Å². The zero-order valence-corrected chi connectivity index (χ0v) is 27.1. The van der Waals surface area contributed by atoms with Gasteiger partial charge in [-0.3, -0.25) is 0 Å². The molecule has 4 aromatic rings. The number of anilines is 5. The molecular formula is C39H46N2O4S. The molecule has 3 heterocycles. The van der Waals surface area contributed by atoms with Crippen molar-refractivity contribution in [2.45, 2.75) is 89.4 Å². The van der Waals surface area contributed by atoms with E-state index in [0.717, 1.165) is 52.7 Å². The molecular weight excluding hydrogens is 593 g/mol. The van der Waals surface area contributed by atoms with Gasteiger partial charge in [-0.25, -0.2) is 8.42 Å². The smallest absolute Gasteiger partial charge is 0.175 e. The molecule has 0 aromatic heterocycles. The van der Waals surface area contributed by atoms with Crippen LogP contribution in [0.25, 0.3) is 0 Å². The van der Waals surface area contributed by atoms with E-state index in [1.807, 2.05) is 23.1 Å². The summed E-state index contributed by atoms with van der Waals surface area (Å²) < 4.78 is 31.8.